The van der Waals surface area contributed by atoms with Crippen LogP contribution in [0.3, 0.4) is 0 Å². The Balaban J connectivity index is 0.00000341. The zero-order chi connectivity index (χ0) is 21.3. The van der Waals surface area contributed by atoms with Crippen LogP contribution in [0.4, 0.5) is 0 Å². The molecular formula is C23H34IN5O2. The lowest BCUT2D eigenvalue weighted by Gasteiger charge is -2.30. The van der Waals surface area contributed by atoms with Crippen molar-refractivity contribution < 1.29 is 9.53 Å². The average Bonchev–Trinajstić information content (AvgIpc) is 3.18. The van der Waals surface area contributed by atoms with E-state index in [0.29, 0.717) is 32.8 Å². The molecule has 170 valence electrons. The van der Waals surface area contributed by atoms with Gasteiger partial charge in [0.15, 0.2) is 5.96 Å². The quantitative estimate of drug-likeness (QED) is 0.334. The SMILES string of the molecule is CCNC(=NCC(C(=O)N1CCOCC1)c1ccccc1)N(C)Cc1cccn1C.I. The van der Waals surface area contributed by atoms with Gasteiger partial charge in [-0.25, -0.2) is 0 Å². The molecule has 1 amide bonds. The molecule has 1 aromatic carbocycles. The van der Waals surface area contributed by atoms with Gasteiger partial charge in [-0.3, -0.25) is 9.79 Å². The van der Waals surface area contributed by atoms with E-state index in [-0.39, 0.29) is 35.8 Å². The Bertz CT molecular complexity index is 834. The number of carbonyl (C=O) groups excluding carboxylic acids is 1. The summed E-state index contributed by atoms with van der Waals surface area (Å²) >= 11 is 0. The summed E-state index contributed by atoms with van der Waals surface area (Å²) in [5, 5.41) is 3.36. The topological polar surface area (TPSA) is 62.1 Å². The van der Waals surface area contributed by atoms with Gasteiger partial charge in [0.25, 0.3) is 0 Å². The van der Waals surface area contributed by atoms with E-state index in [0.717, 1.165) is 24.6 Å². The second-order valence-electron chi connectivity index (χ2n) is 7.56. The predicted octanol–water partition coefficient (Wildman–Crippen LogP) is 2.68. The maximum atomic E-state index is 13.3. The summed E-state index contributed by atoms with van der Waals surface area (Å²) in [7, 11) is 4.06. The van der Waals surface area contributed by atoms with Crippen LogP contribution in [-0.2, 0) is 23.1 Å². The van der Waals surface area contributed by atoms with Gasteiger partial charge in [0, 0.05) is 45.6 Å². The largest absolute Gasteiger partial charge is 0.378 e. The number of morpholine rings is 1. The van der Waals surface area contributed by atoms with E-state index in [1.807, 2.05) is 61.6 Å². The number of aromatic nitrogens is 1. The minimum atomic E-state index is -0.304. The molecule has 1 atom stereocenters. The number of nitrogens with one attached hydrogen (secondary N) is 1. The van der Waals surface area contributed by atoms with Gasteiger partial charge in [0.1, 0.15) is 0 Å². The summed E-state index contributed by atoms with van der Waals surface area (Å²) in [5.41, 5.74) is 2.20. The van der Waals surface area contributed by atoms with E-state index in [1.54, 1.807) is 0 Å². The highest BCUT2D eigenvalue weighted by Gasteiger charge is 2.27. The van der Waals surface area contributed by atoms with E-state index in [1.165, 1.54) is 5.69 Å². The second kappa shape index (κ2) is 12.7. The Hall–Kier alpha value is -2.07. The number of aryl methyl sites for hydroxylation is 1. The first-order valence-electron chi connectivity index (χ1n) is 10.6. The number of ether oxygens (including phenoxy) is 1. The summed E-state index contributed by atoms with van der Waals surface area (Å²) in [5.74, 6) is 0.616. The van der Waals surface area contributed by atoms with E-state index >= 15 is 0 Å². The molecule has 7 nitrogen and oxygen atoms in total. The molecular weight excluding hydrogens is 505 g/mol. The van der Waals surface area contributed by atoms with Crippen LogP contribution in [0.1, 0.15) is 24.1 Å². The van der Waals surface area contributed by atoms with Gasteiger partial charge < -0.3 is 24.4 Å². The highest BCUT2D eigenvalue weighted by atomic mass is 127. The molecule has 1 unspecified atom stereocenters. The Morgan fingerprint density at radius 1 is 1.19 bits per heavy atom. The smallest absolute Gasteiger partial charge is 0.232 e. The first-order chi connectivity index (χ1) is 14.6. The minimum Gasteiger partial charge on any atom is -0.378 e. The van der Waals surface area contributed by atoms with Gasteiger partial charge in [0.2, 0.25) is 5.91 Å². The molecule has 8 heteroatoms. The van der Waals surface area contributed by atoms with Crippen LogP contribution in [0.5, 0.6) is 0 Å². The van der Waals surface area contributed by atoms with E-state index in [9.17, 15) is 4.79 Å². The summed E-state index contributed by atoms with van der Waals surface area (Å²) in [6.45, 7) is 6.43. The third kappa shape index (κ3) is 6.96. The summed E-state index contributed by atoms with van der Waals surface area (Å²) < 4.78 is 7.52. The predicted molar refractivity (Wildman–Crippen MR) is 135 cm³/mol. The number of guanidine groups is 1. The fourth-order valence-electron chi connectivity index (χ4n) is 3.64. The van der Waals surface area contributed by atoms with Gasteiger partial charge in [-0.15, -0.1) is 24.0 Å². The maximum Gasteiger partial charge on any atom is 0.232 e. The summed E-state index contributed by atoms with van der Waals surface area (Å²) in [4.78, 5) is 22.2. The number of hydrogen-bond acceptors (Lipinski definition) is 3. The zero-order valence-electron chi connectivity index (χ0n) is 18.7. The Morgan fingerprint density at radius 2 is 1.90 bits per heavy atom. The molecule has 3 rings (SSSR count). The fourth-order valence-corrected chi connectivity index (χ4v) is 3.64. The molecule has 1 fully saturated rings. The van der Waals surface area contributed by atoms with E-state index < -0.39 is 0 Å². The van der Waals surface area contributed by atoms with Crippen molar-refractivity contribution in [3.63, 3.8) is 0 Å². The lowest BCUT2D eigenvalue weighted by Crippen LogP contribution is -2.44. The highest BCUT2D eigenvalue weighted by Crippen LogP contribution is 2.20. The van der Waals surface area contributed by atoms with Crippen LogP contribution in [0, 0.1) is 0 Å². The van der Waals surface area contributed by atoms with Crippen LogP contribution in [0.25, 0.3) is 0 Å². The molecule has 2 heterocycles. The molecule has 0 spiro atoms. The van der Waals surface area contributed by atoms with Crippen LogP contribution >= 0.6 is 24.0 Å². The van der Waals surface area contributed by atoms with Crippen molar-refractivity contribution in [2.24, 2.45) is 12.0 Å². The molecule has 0 bridgehead atoms. The maximum absolute atomic E-state index is 13.3. The number of hydrogen-bond donors (Lipinski definition) is 1. The van der Waals surface area contributed by atoms with Crippen LogP contribution in [-0.4, -0.2) is 72.7 Å². The molecule has 31 heavy (non-hydrogen) atoms. The van der Waals surface area contributed by atoms with Crippen molar-refractivity contribution in [2.45, 2.75) is 19.4 Å². The average molecular weight is 539 g/mol. The number of benzene rings is 1. The molecule has 1 aromatic heterocycles. The van der Waals surface area contributed by atoms with Crippen LogP contribution < -0.4 is 5.32 Å². The lowest BCUT2D eigenvalue weighted by molar-refractivity contribution is -0.136. The van der Waals surface area contributed by atoms with Gasteiger partial charge in [-0.1, -0.05) is 30.3 Å². The standard InChI is InChI=1S/C23H33N5O2.HI/c1-4-24-23(27(3)18-20-11-8-12-26(20)2)25-17-21(19-9-6-5-7-10-19)22(29)28-13-15-30-16-14-28;/h5-12,21H,4,13-18H2,1-3H3,(H,24,25);1H. The normalized spacial score (nSPS) is 15.2. The molecule has 1 aliphatic rings. The van der Waals surface area contributed by atoms with Gasteiger partial charge >= 0.3 is 0 Å². The van der Waals surface area contributed by atoms with Crippen molar-refractivity contribution >= 4 is 35.8 Å². The second-order valence-corrected chi connectivity index (χ2v) is 7.56. The Morgan fingerprint density at radius 3 is 2.52 bits per heavy atom. The van der Waals surface area contributed by atoms with E-state index in [2.05, 4.69) is 27.8 Å². The van der Waals surface area contributed by atoms with Crippen molar-refractivity contribution in [3.05, 3.63) is 59.9 Å². The van der Waals surface area contributed by atoms with Crippen molar-refractivity contribution in [2.75, 3.05) is 46.4 Å². The van der Waals surface area contributed by atoms with Gasteiger partial charge in [-0.2, -0.15) is 0 Å². The van der Waals surface area contributed by atoms with Crippen molar-refractivity contribution in [1.29, 1.82) is 0 Å². The Labute approximate surface area is 202 Å². The van der Waals surface area contributed by atoms with E-state index in [4.69, 9.17) is 9.73 Å². The number of nitrogens with zero attached hydrogens (tertiary/aromatic N) is 4. The lowest BCUT2D eigenvalue weighted by atomic mass is 9.97. The molecule has 0 radical (unpaired) electrons. The molecule has 1 saturated heterocycles. The summed E-state index contributed by atoms with van der Waals surface area (Å²) in [6, 6.07) is 14.1. The molecule has 1 N–H and O–H groups in total. The summed E-state index contributed by atoms with van der Waals surface area (Å²) in [6.07, 6.45) is 2.04. The number of amides is 1. The number of aliphatic imine (C=N–C) groups is 1. The van der Waals surface area contributed by atoms with Crippen LogP contribution in [0.2, 0.25) is 0 Å². The Kier molecular flexibility index (Phi) is 10.3. The van der Waals surface area contributed by atoms with Crippen molar-refractivity contribution in [3.8, 4) is 0 Å². The molecule has 0 saturated carbocycles. The number of halogens is 1. The number of rotatable bonds is 7. The first kappa shape index (κ1) is 25.2. The zero-order valence-corrected chi connectivity index (χ0v) is 21.0. The van der Waals surface area contributed by atoms with Crippen molar-refractivity contribution in [1.82, 2.24) is 19.7 Å². The number of carbonyl (C=O) groups is 1. The minimum absolute atomic E-state index is 0. The molecule has 0 aliphatic carbocycles. The first-order valence-corrected chi connectivity index (χ1v) is 10.6. The van der Waals surface area contributed by atoms with Gasteiger partial charge in [-0.05, 0) is 24.6 Å². The monoisotopic (exact) mass is 539 g/mol. The third-order valence-corrected chi connectivity index (χ3v) is 5.39. The third-order valence-electron chi connectivity index (χ3n) is 5.39. The molecule has 1 aliphatic heterocycles. The fraction of sp³-hybridized carbons (Fsp3) is 0.478. The molecule has 2 aromatic rings. The van der Waals surface area contributed by atoms with Crippen LogP contribution in [0.15, 0.2) is 53.7 Å². The highest BCUT2D eigenvalue weighted by molar-refractivity contribution is 14.0. The van der Waals surface area contributed by atoms with Gasteiger partial charge in [0.05, 0.1) is 32.2 Å².